The summed E-state index contributed by atoms with van der Waals surface area (Å²) in [5.41, 5.74) is 0.439. The molecule has 0 amide bonds. The van der Waals surface area contributed by atoms with Crippen molar-refractivity contribution in [2.45, 2.75) is 32.8 Å². The van der Waals surface area contributed by atoms with Gasteiger partial charge in [0.1, 0.15) is 11.4 Å². The minimum absolute atomic E-state index is 0.151. The first-order valence-electron chi connectivity index (χ1n) is 6.21. The number of nitrogens with zero attached hydrogens (tertiary/aromatic N) is 2. The summed E-state index contributed by atoms with van der Waals surface area (Å²) in [7, 11) is 0. The van der Waals surface area contributed by atoms with Gasteiger partial charge in [-0.05, 0) is 44.5 Å². The highest BCUT2D eigenvalue weighted by Gasteiger charge is 2.20. The molecule has 4 nitrogen and oxygen atoms in total. The van der Waals surface area contributed by atoms with Crippen molar-refractivity contribution >= 4 is 17.0 Å². The third-order valence-electron chi connectivity index (χ3n) is 2.71. The maximum Gasteiger partial charge on any atom is 0.419 e. The van der Waals surface area contributed by atoms with Crippen molar-refractivity contribution in [2.24, 2.45) is 0 Å². The van der Waals surface area contributed by atoms with Crippen molar-refractivity contribution in [3.8, 4) is 6.07 Å². The molecule has 1 aromatic heterocycles. The van der Waals surface area contributed by atoms with Crippen LogP contribution in [-0.2, 0) is 11.2 Å². The summed E-state index contributed by atoms with van der Waals surface area (Å²) in [5.74, 6) is -0.441. The predicted octanol–water partition coefficient (Wildman–Crippen LogP) is 3.63. The number of fused-ring (bicyclic) bond motifs is 1. The Morgan fingerprint density at radius 1 is 1.45 bits per heavy atom. The normalized spacial score (nSPS) is 11.3. The molecule has 20 heavy (non-hydrogen) atoms. The first kappa shape index (κ1) is 14.1. The molecule has 104 valence electrons. The summed E-state index contributed by atoms with van der Waals surface area (Å²) >= 11 is 0. The van der Waals surface area contributed by atoms with E-state index < -0.39 is 17.5 Å². The van der Waals surface area contributed by atoms with Gasteiger partial charge in [0.15, 0.2) is 0 Å². The monoisotopic (exact) mass is 274 g/mol. The molecule has 0 atom stereocenters. The number of nitriles is 1. The summed E-state index contributed by atoms with van der Waals surface area (Å²) in [6, 6.07) is 6.17. The number of aromatic nitrogens is 1. The van der Waals surface area contributed by atoms with Crippen molar-refractivity contribution in [2.75, 3.05) is 0 Å². The summed E-state index contributed by atoms with van der Waals surface area (Å²) < 4.78 is 19.9. The minimum Gasteiger partial charge on any atom is -0.443 e. The lowest BCUT2D eigenvalue weighted by Crippen LogP contribution is -2.26. The Hall–Kier alpha value is -2.35. The molecule has 0 aliphatic rings. The highest BCUT2D eigenvalue weighted by Crippen LogP contribution is 2.24. The number of rotatable bonds is 1. The van der Waals surface area contributed by atoms with Gasteiger partial charge >= 0.3 is 6.09 Å². The fourth-order valence-corrected chi connectivity index (χ4v) is 1.96. The second-order valence-electron chi connectivity index (χ2n) is 5.50. The molecule has 1 heterocycles. The minimum atomic E-state index is -0.642. The van der Waals surface area contributed by atoms with E-state index >= 15 is 0 Å². The number of hydrogen-bond donors (Lipinski definition) is 0. The first-order valence-corrected chi connectivity index (χ1v) is 6.21. The van der Waals surface area contributed by atoms with Gasteiger partial charge in [-0.2, -0.15) is 5.26 Å². The van der Waals surface area contributed by atoms with Gasteiger partial charge in [0, 0.05) is 11.6 Å². The predicted molar refractivity (Wildman–Crippen MR) is 72.8 cm³/mol. The zero-order valence-corrected chi connectivity index (χ0v) is 11.6. The van der Waals surface area contributed by atoms with Crippen molar-refractivity contribution < 1.29 is 13.9 Å². The second kappa shape index (κ2) is 4.97. The largest absolute Gasteiger partial charge is 0.443 e. The SMILES string of the molecule is CC(C)(C)OC(=O)n1cc(CC#N)c2ccc(F)cc21. The number of carbonyl (C=O) groups is 1. The fourth-order valence-electron chi connectivity index (χ4n) is 1.96. The van der Waals surface area contributed by atoms with Crippen molar-refractivity contribution in [3.63, 3.8) is 0 Å². The standard InChI is InChI=1S/C15H15FN2O2/c1-15(2,3)20-14(19)18-9-10(6-7-17)12-5-4-11(16)8-13(12)18/h4-5,8-9H,6H2,1-3H3. The zero-order valence-electron chi connectivity index (χ0n) is 11.6. The van der Waals surface area contributed by atoms with E-state index in [-0.39, 0.29) is 6.42 Å². The van der Waals surface area contributed by atoms with Gasteiger partial charge in [-0.3, -0.25) is 4.57 Å². The van der Waals surface area contributed by atoms with Crippen LogP contribution in [0.1, 0.15) is 26.3 Å². The average molecular weight is 274 g/mol. The van der Waals surface area contributed by atoms with Crippen LogP contribution in [0.5, 0.6) is 0 Å². The van der Waals surface area contributed by atoms with E-state index in [2.05, 4.69) is 0 Å². The van der Waals surface area contributed by atoms with E-state index in [1.54, 1.807) is 26.8 Å². The Kier molecular flexibility index (Phi) is 3.49. The van der Waals surface area contributed by atoms with E-state index in [0.717, 1.165) is 0 Å². The number of benzene rings is 1. The lowest BCUT2D eigenvalue weighted by Gasteiger charge is -2.19. The summed E-state index contributed by atoms with van der Waals surface area (Å²) in [4.78, 5) is 12.1. The molecule has 0 aliphatic heterocycles. The van der Waals surface area contributed by atoms with Gasteiger partial charge in [0.25, 0.3) is 0 Å². The maximum atomic E-state index is 13.4. The molecule has 0 N–H and O–H groups in total. The van der Waals surface area contributed by atoms with Crippen LogP contribution in [0.4, 0.5) is 9.18 Å². The van der Waals surface area contributed by atoms with Crippen LogP contribution in [0.25, 0.3) is 10.9 Å². The first-order chi connectivity index (χ1) is 9.31. The highest BCUT2D eigenvalue weighted by molar-refractivity contribution is 5.92. The molecule has 2 rings (SSSR count). The van der Waals surface area contributed by atoms with E-state index in [4.69, 9.17) is 10.00 Å². The van der Waals surface area contributed by atoms with Crippen LogP contribution >= 0.6 is 0 Å². The van der Waals surface area contributed by atoms with Gasteiger partial charge in [-0.25, -0.2) is 9.18 Å². The summed E-state index contributed by atoms with van der Waals surface area (Å²) in [6.45, 7) is 5.27. The molecule has 1 aromatic carbocycles. The smallest absolute Gasteiger partial charge is 0.419 e. The van der Waals surface area contributed by atoms with Crippen LogP contribution in [-0.4, -0.2) is 16.3 Å². The molecular formula is C15H15FN2O2. The molecular weight excluding hydrogens is 259 g/mol. The quantitative estimate of drug-likeness (QED) is 0.797. The number of hydrogen-bond acceptors (Lipinski definition) is 3. The number of carbonyl (C=O) groups excluding carboxylic acids is 1. The van der Waals surface area contributed by atoms with Crippen LogP contribution in [0, 0.1) is 17.1 Å². The Balaban J connectivity index is 2.55. The van der Waals surface area contributed by atoms with Gasteiger partial charge in [0.2, 0.25) is 0 Å². The lowest BCUT2D eigenvalue weighted by atomic mass is 10.1. The Labute approximate surface area is 116 Å². The molecule has 0 aliphatic carbocycles. The zero-order chi connectivity index (χ0) is 14.9. The number of halogens is 1. The van der Waals surface area contributed by atoms with Crippen LogP contribution in [0.2, 0.25) is 0 Å². The van der Waals surface area contributed by atoms with Gasteiger partial charge in [-0.1, -0.05) is 0 Å². The van der Waals surface area contributed by atoms with Gasteiger partial charge in [-0.15, -0.1) is 0 Å². The van der Waals surface area contributed by atoms with Crippen molar-refractivity contribution in [1.29, 1.82) is 5.26 Å². The molecule has 5 heteroatoms. The van der Waals surface area contributed by atoms with E-state index in [1.807, 2.05) is 6.07 Å². The van der Waals surface area contributed by atoms with Crippen molar-refractivity contribution in [1.82, 2.24) is 4.57 Å². The topological polar surface area (TPSA) is 55.0 Å². The van der Waals surface area contributed by atoms with Crippen LogP contribution in [0.3, 0.4) is 0 Å². The lowest BCUT2D eigenvalue weighted by molar-refractivity contribution is 0.0544. The molecule has 0 bridgehead atoms. The van der Waals surface area contributed by atoms with E-state index in [0.29, 0.717) is 16.5 Å². The fraction of sp³-hybridized carbons (Fsp3) is 0.333. The Morgan fingerprint density at radius 2 is 2.15 bits per heavy atom. The molecule has 0 radical (unpaired) electrons. The highest BCUT2D eigenvalue weighted by atomic mass is 19.1. The van der Waals surface area contributed by atoms with Crippen molar-refractivity contribution in [3.05, 3.63) is 35.8 Å². The molecule has 0 fully saturated rings. The number of ether oxygens (including phenoxy) is 1. The van der Waals surface area contributed by atoms with E-state index in [9.17, 15) is 9.18 Å². The Morgan fingerprint density at radius 3 is 2.75 bits per heavy atom. The molecule has 0 unspecified atom stereocenters. The third kappa shape index (κ3) is 2.80. The Bertz CT molecular complexity index is 705. The van der Waals surface area contributed by atoms with Gasteiger partial charge in [0.05, 0.1) is 18.0 Å². The molecule has 0 saturated carbocycles. The molecule has 0 spiro atoms. The third-order valence-corrected chi connectivity index (χ3v) is 2.71. The van der Waals surface area contributed by atoms with Crippen LogP contribution < -0.4 is 0 Å². The molecule has 0 saturated heterocycles. The van der Waals surface area contributed by atoms with Crippen LogP contribution in [0.15, 0.2) is 24.4 Å². The second-order valence-corrected chi connectivity index (χ2v) is 5.50. The summed E-state index contributed by atoms with van der Waals surface area (Å²) in [6.07, 6.45) is 1.09. The maximum absolute atomic E-state index is 13.4. The van der Waals surface area contributed by atoms with E-state index in [1.165, 1.54) is 22.9 Å². The average Bonchev–Trinajstić information content (AvgIpc) is 2.66. The molecule has 2 aromatic rings. The van der Waals surface area contributed by atoms with Gasteiger partial charge < -0.3 is 4.74 Å². The summed E-state index contributed by atoms with van der Waals surface area (Å²) in [5, 5.41) is 9.50.